The molecule has 0 aliphatic heterocycles. The normalized spacial score (nSPS) is 12.2. The van der Waals surface area contributed by atoms with Crippen molar-refractivity contribution in [2.45, 2.75) is 37.6 Å². The van der Waals surface area contributed by atoms with E-state index in [-0.39, 0.29) is 17.3 Å². The van der Waals surface area contributed by atoms with Crippen molar-refractivity contribution in [1.82, 2.24) is 24.1 Å². The number of fused-ring (bicyclic) bond motifs is 1. The van der Waals surface area contributed by atoms with Crippen LogP contribution in [0.4, 0.5) is 5.82 Å². The predicted molar refractivity (Wildman–Crippen MR) is 165 cm³/mol. The Kier molecular flexibility index (Phi) is 8.28. The van der Waals surface area contributed by atoms with Crippen LogP contribution in [0.3, 0.4) is 0 Å². The number of rotatable bonds is 11. The van der Waals surface area contributed by atoms with Gasteiger partial charge in [0.1, 0.15) is 22.3 Å². The molecule has 43 heavy (non-hydrogen) atoms. The van der Waals surface area contributed by atoms with Gasteiger partial charge in [0, 0.05) is 48.6 Å². The number of aromatic nitrogens is 5. The van der Waals surface area contributed by atoms with Crippen LogP contribution in [0.25, 0.3) is 28.2 Å². The molecule has 0 amide bonds. The van der Waals surface area contributed by atoms with E-state index < -0.39 is 27.6 Å². The van der Waals surface area contributed by atoms with E-state index >= 15 is 0 Å². The molecule has 0 spiro atoms. The van der Waals surface area contributed by atoms with Gasteiger partial charge in [0.25, 0.3) is 0 Å². The second kappa shape index (κ2) is 11.8. The highest BCUT2D eigenvalue weighted by Gasteiger charge is 2.27. The highest BCUT2D eigenvalue weighted by Crippen LogP contribution is 2.36. The van der Waals surface area contributed by atoms with Gasteiger partial charge in [-0.1, -0.05) is 38.1 Å². The lowest BCUT2D eigenvalue weighted by Gasteiger charge is -2.22. The molecule has 3 N–H and O–H groups in total. The second-order valence-electron chi connectivity index (χ2n) is 11.1. The van der Waals surface area contributed by atoms with Crippen molar-refractivity contribution in [3.8, 4) is 28.3 Å². The van der Waals surface area contributed by atoms with Crippen molar-refractivity contribution >= 4 is 21.3 Å². The number of benzene rings is 2. The molecule has 0 bridgehead atoms. The summed E-state index contributed by atoms with van der Waals surface area (Å²) in [4.78, 5) is 9.37. The number of anilines is 1. The molecule has 3 heterocycles. The van der Waals surface area contributed by atoms with Crippen molar-refractivity contribution in [1.29, 1.82) is 0 Å². The van der Waals surface area contributed by atoms with Gasteiger partial charge in [-0.15, -0.1) is 0 Å². The molecule has 5 aromatic rings. The first-order valence-corrected chi connectivity index (χ1v) is 15.5. The second-order valence-corrected chi connectivity index (χ2v) is 13.2. The summed E-state index contributed by atoms with van der Waals surface area (Å²) in [6.07, 6.45) is 3.67. The molecule has 0 atom stereocenters. The lowest BCUT2D eigenvalue weighted by molar-refractivity contribution is 0.215. The zero-order valence-electron chi connectivity index (χ0n) is 24.9. The Morgan fingerprint density at radius 2 is 1.86 bits per heavy atom. The minimum Gasteiger partial charge on any atom is -0.495 e. The van der Waals surface area contributed by atoms with Gasteiger partial charge in [0.05, 0.1) is 37.5 Å². The van der Waals surface area contributed by atoms with E-state index in [4.69, 9.17) is 14.8 Å². The van der Waals surface area contributed by atoms with Gasteiger partial charge in [-0.2, -0.15) is 9.61 Å². The molecule has 0 aliphatic rings. The highest BCUT2D eigenvalue weighted by molar-refractivity contribution is 7.91. The van der Waals surface area contributed by atoms with Crippen molar-refractivity contribution in [3.05, 3.63) is 77.9 Å². The summed E-state index contributed by atoms with van der Waals surface area (Å²) < 4.78 is 35.0. The van der Waals surface area contributed by atoms with E-state index in [0.717, 1.165) is 17.0 Å². The molecule has 12 heteroatoms. The van der Waals surface area contributed by atoms with Crippen molar-refractivity contribution in [3.63, 3.8) is 0 Å². The number of hydrogen-bond acceptors (Lipinski definition) is 9. The smallest absolute Gasteiger partial charge is 0.184 e. The zero-order valence-corrected chi connectivity index (χ0v) is 25.7. The fraction of sp³-hybridized carbons (Fsp3) is 0.323. The third-order valence-electron chi connectivity index (χ3n) is 7.48. The summed E-state index contributed by atoms with van der Waals surface area (Å²) in [6.45, 7) is 5.50. The number of aliphatic hydroxyl groups is 2. The third kappa shape index (κ3) is 5.85. The largest absolute Gasteiger partial charge is 0.495 e. The molecule has 2 aromatic carbocycles. The molecule has 0 aliphatic carbocycles. The van der Waals surface area contributed by atoms with E-state index in [1.54, 1.807) is 22.8 Å². The Balaban J connectivity index is 1.62. The van der Waals surface area contributed by atoms with Crippen LogP contribution in [0.2, 0.25) is 0 Å². The van der Waals surface area contributed by atoms with Gasteiger partial charge in [-0.25, -0.2) is 18.4 Å². The summed E-state index contributed by atoms with van der Waals surface area (Å²) in [5.41, 5.74) is 4.40. The van der Waals surface area contributed by atoms with Crippen molar-refractivity contribution in [2.75, 3.05) is 31.4 Å². The van der Waals surface area contributed by atoms with Crippen LogP contribution in [0, 0.1) is 6.92 Å². The van der Waals surface area contributed by atoms with Crippen LogP contribution >= 0.6 is 0 Å². The molecule has 3 aromatic heterocycles. The topological polar surface area (TPSA) is 144 Å². The Morgan fingerprint density at radius 3 is 2.53 bits per heavy atom. The molecule has 0 fully saturated rings. The Labute approximate surface area is 250 Å². The van der Waals surface area contributed by atoms with E-state index in [1.807, 2.05) is 62.8 Å². The number of nitrogens with one attached hydrogen (secondary N) is 1. The maximum Gasteiger partial charge on any atom is 0.184 e. The molecular formula is C31H36N6O5S. The summed E-state index contributed by atoms with van der Waals surface area (Å²) in [5, 5.41) is 27.8. The van der Waals surface area contributed by atoms with E-state index in [9.17, 15) is 18.6 Å². The van der Waals surface area contributed by atoms with Gasteiger partial charge >= 0.3 is 0 Å². The molecule has 226 valence electrons. The number of aryl methyl sites for hydroxylation is 2. The summed E-state index contributed by atoms with van der Waals surface area (Å²) >= 11 is 0. The molecule has 5 rings (SSSR count). The van der Waals surface area contributed by atoms with Crippen LogP contribution in [0.5, 0.6) is 5.75 Å². The summed E-state index contributed by atoms with van der Waals surface area (Å²) in [5.74, 6) is 1.30. The number of sulfone groups is 1. The van der Waals surface area contributed by atoms with Crippen LogP contribution in [0.1, 0.15) is 30.8 Å². The fourth-order valence-electron chi connectivity index (χ4n) is 4.98. The minimum absolute atomic E-state index is 0.0157. The van der Waals surface area contributed by atoms with Gasteiger partial charge in [-0.3, -0.25) is 0 Å². The molecule has 11 nitrogen and oxygen atoms in total. The minimum atomic E-state index is -3.81. The lowest BCUT2D eigenvalue weighted by atomic mass is 9.90. The predicted octanol–water partition coefficient (Wildman–Crippen LogP) is 3.76. The average molecular weight is 605 g/mol. The monoisotopic (exact) mass is 604 g/mol. The average Bonchev–Trinajstić information content (AvgIpc) is 3.57. The van der Waals surface area contributed by atoms with E-state index in [2.05, 4.69) is 16.4 Å². The third-order valence-corrected chi connectivity index (χ3v) is 9.19. The van der Waals surface area contributed by atoms with Gasteiger partial charge in [-0.05, 0) is 36.2 Å². The molecule has 0 saturated carbocycles. The highest BCUT2D eigenvalue weighted by atomic mass is 32.2. The quantitative estimate of drug-likeness (QED) is 0.205. The Hall–Kier alpha value is -4.26. The van der Waals surface area contributed by atoms with E-state index in [1.165, 1.54) is 13.2 Å². The number of nitrogens with zero attached hydrogens (tertiary/aromatic N) is 5. The van der Waals surface area contributed by atoms with Crippen LogP contribution < -0.4 is 10.1 Å². The molecular weight excluding hydrogens is 568 g/mol. The van der Waals surface area contributed by atoms with Gasteiger partial charge < -0.3 is 24.8 Å². The molecule has 0 saturated heterocycles. The van der Waals surface area contributed by atoms with Gasteiger partial charge in [0.2, 0.25) is 0 Å². The van der Waals surface area contributed by atoms with Crippen molar-refractivity contribution in [2.24, 2.45) is 7.05 Å². The maximum atomic E-state index is 13.0. The number of imidazole rings is 1. The fourth-order valence-corrected chi connectivity index (χ4v) is 6.20. The Bertz CT molecular complexity index is 1890. The summed E-state index contributed by atoms with van der Waals surface area (Å²) in [7, 11) is -0.452. The molecule has 0 unspecified atom stereocenters. The zero-order chi connectivity index (χ0) is 30.9. The van der Waals surface area contributed by atoms with Crippen molar-refractivity contribution < 1.29 is 23.4 Å². The summed E-state index contributed by atoms with van der Waals surface area (Å²) in [6, 6.07) is 14.9. The van der Waals surface area contributed by atoms with Crippen LogP contribution in [0.15, 0.2) is 65.8 Å². The Morgan fingerprint density at radius 1 is 1.07 bits per heavy atom. The maximum absolute atomic E-state index is 13.0. The molecule has 0 radical (unpaired) electrons. The first-order valence-electron chi connectivity index (χ1n) is 13.8. The van der Waals surface area contributed by atoms with Crippen LogP contribution in [-0.2, 0) is 28.8 Å². The van der Waals surface area contributed by atoms with E-state index in [0.29, 0.717) is 40.5 Å². The first-order chi connectivity index (χ1) is 20.5. The van der Waals surface area contributed by atoms with Gasteiger partial charge in [0.15, 0.2) is 15.5 Å². The number of methoxy groups -OCH3 is 1. The SMILES string of the molecule is COc1ccc(-c2c(C)nn3c(NCc4cccc(-c5nccn5C)c4)cc(C(C)(C)CO)nc23)cc1S(=O)(=O)CCO. The lowest BCUT2D eigenvalue weighted by Crippen LogP contribution is -2.24. The number of hydrogen-bond donors (Lipinski definition) is 3. The standard InChI is InChI=1S/C31H36N6O5S/c1-20-28(22-9-10-24(42-5)25(16-22)43(40,41)14-13-38)30-34-26(31(2,3)19-39)17-27(37(30)35-20)33-18-21-7-6-8-23(15-21)29-32-11-12-36(29)4/h6-12,15-17,33,38-39H,13-14,18-19H2,1-5H3. The first kappa shape index (κ1) is 30.2. The number of aliphatic hydroxyl groups excluding tert-OH is 2. The number of ether oxygens (including phenoxy) is 1. The van der Waals surface area contributed by atoms with Crippen LogP contribution in [-0.4, -0.2) is 68.9 Å².